The molecule has 3 heteroatoms. The minimum atomic E-state index is 0.723. The van der Waals surface area contributed by atoms with Gasteiger partial charge in [-0.1, -0.05) is 43.1 Å². The largest absolute Gasteiger partial charge is 0.179 e. The van der Waals surface area contributed by atoms with Gasteiger partial charge >= 0.3 is 0 Å². The first kappa shape index (κ1) is 13.3. The van der Waals surface area contributed by atoms with Crippen molar-refractivity contribution in [2.45, 2.75) is 19.1 Å². The summed E-state index contributed by atoms with van der Waals surface area (Å²) in [7, 11) is 0. The Hall–Kier alpha value is 0.210. The summed E-state index contributed by atoms with van der Waals surface area (Å²) in [4.78, 5) is 0. The number of hydrogen-bond donors (Lipinski definition) is 1. The number of thiol groups is 1. The van der Waals surface area contributed by atoms with Crippen molar-refractivity contribution in [2.75, 3.05) is 11.5 Å². The number of hydrogen-bond acceptors (Lipinski definition) is 2. The second kappa shape index (κ2) is 7.48. The molecule has 0 bridgehead atoms. The second-order valence-corrected chi connectivity index (χ2v) is 5.37. The molecule has 0 aliphatic heterocycles. The van der Waals surface area contributed by atoms with E-state index in [2.05, 4.69) is 25.6 Å². The van der Waals surface area contributed by atoms with Gasteiger partial charge in [0.15, 0.2) is 0 Å². The zero-order valence-electron chi connectivity index (χ0n) is 8.95. The van der Waals surface area contributed by atoms with Crippen LogP contribution in [0.4, 0.5) is 0 Å². The zero-order valence-corrected chi connectivity index (χ0v) is 11.4. The molecule has 1 aromatic rings. The van der Waals surface area contributed by atoms with Crippen LogP contribution in [0.1, 0.15) is 18.9 Å². The maximum Gasteiger partial charge on any atom is 0.0446 e. The van der Waals surface area contributed by atoms with E-state index in [1.807, 2.05) is 30.0 Å². The van der Waals surface area contributed by atoms with Gasteiger partial charge in [0, 0.05) is 10.8 Å². The molecular weight excluding hydrogens is 244 g/mol. The van der Waals surface area contributed by atoms with Crippen LogP contribution < -0.4 is 0 Å². The standard InChI is InChI=1S/C12H17ClS2/c1-2-10(7-14)8-15-9-11-5-3-4-6-12(11)13/h3-6,10,14H,2,7-9H2,1H3. The maximum absolute atomic E-state index is 6.08. The summed E-state index contributed by atoms with van der Waals surface area (Å²) in [5.41, 5.74) is 1.23. The Morgan fingerprint density at radius 3 is 2.73 bits per heavy atom. The highest BCUT2D eigenvalue weighted by atomic mass is 35.5. The average molecular weight is 261 g/mol. The lowest BCUT2D eigenvalue weighted by Gasteiger charge is -2.11. The number of thioether (sulfide) groups is 1. The number of rotatable bonds is 6. The van der Waals surface area contributed by atoms with Gasteiger partial charge in [0.1, 0.15) is 0 Å². The lowest BCUT2D eigenvalue weighted by atomic mass is 10.2. The Kier molecular flexibility index (Phi) is 6.62. The van der Waals surface area contributed by atoms with E-state index in [1.54, 1.807) is 0 Å². The van der Waals surface area contributed by atoms with Gasteiger partial charge in [0.25, 0.3) is 0 Å². The van der Waals surface area contributed by atoms with Crippen LogP contribution in [0.25, 0.3) is 0 Å². The van der Waals surface area contributed by atoms with Gasteiger partial charge in [-0.2, -0.15) is 24.4 Å². The average Bonchev–Trinajstić information content (AvgIpc) is 2.27. The highest BCUT2D eigenvalue weighted by Crippen LogP contribution is 2.23. The van der Waals surface area contributed by atoms with Crippen LogP contribution in [0.5, 0.6) is 0 Å². The predicted octanol–water partition coefficient (Wildman–Crippen LogP) is 4.53. The first-order chi connectivity index (χ1) is 7.27. The molecule has 0 aromatic heterocycles. The summed E-state index contributed by atoms with van der Waals surface area (Å²) in [6.45, 7) is 2.22. The molecule has 15 heavy (non-hydrogen) atoms. The van der Waals surface area contributed by atoms with Crippen molar-refractivity contribution < 1.29 is 0 Å². The second-order valence-electron chi connectivity index (χ2n) is 3.56. The molecule has 84 valence electrons. The molecule has 1 aromatic carbocycles. The third-order valence-corrected chi connectivity index (χ3v) is 4.51. The van der Waals surface area contributed by atoms with Crippen LogP contribution >= 0.6 is 36.0 Å². The summed E-state index contributed by atoms with van der Waals surface area (Å²) in [6, 6.07) is 8.06. The van der Waals surface area contributed by atoms with Crippen LogP contribution in [0.15, 0.2) is 24.3 Å². The fourth-order valence-corrected chi connectivity index (χ4v) is 3.37. The van der Waals surface area contributed by atoms with Crippen molar-refractivity contribution in [1.29, 1.82) is 0 Å². The first-order valence-corrected chi connectivity index (χ1v) is 7.36. The van der Waals surface area contributed by atoms with Gasteiger partial charge in [-0.3, -0.25) is 0 Å². The highest BCUT2D eigenvalue weighted by Gasteiger charge is 2.05. The van der Waals surface area contributed by atoms with E-state index in [-0.39, 0.29) is 0 Å². The summed E-state index contributed by atoms with van der Waals surface area (Å²) in [6.07, 6.45) is 1.21. The molecule has 1 unspecified atom stereocenters. The van der Waals surface area contributed by atoms with Gasteiger partial charge in [0.05, 0.1) is 0 Å². The van der Waals surface area contributed by atoms with E-state index in [0.29, 0.717) is 0 Å². The Balaban J connectivity index is 2.34. The quantitative estimate of drug-likeness (QED) is 0.734. The first-order valence-electron chi connectivity index (χ1n) is 5.20. The van der Waals surface area contributed by atoms with Crippen molar-refractivity contribution in [3.05, 3.63) is 34.9 Å². The van der Waals surface area contributed by atoms with Gasteiger partial charge in [-0.25, -0.2) is 0 Å². The fraction of sp³-hybridized carbons (Fsp3) is 0.500. The van der Waals surface area contributed by atoms with E-state index in [4.69, 9.17) is 11.6 Å². The van der Waals surface area contributed by atoms with Crippen LogP contribution in [-0.2, 0) is 5.75 Å². The van der Waals surface area contributed by atoms with E-state index in [9.17, 15) is 0 Å². The smallest absolute Gasteiger partial charge is 0.0446 e. The van der Waals surface area contributed by atoms with Crippen LogP contribution in [0.2, 0.25) is 5.02 Å². The van der Waals surface area contributed by atoms with Crippen molar-refractivity contribution in [3.8, 4) is 0 Å². The monoisotopic (exact) mass is 260 g/mol. The summed E-state index contributed by atoms with van der Waals surface area (Å²) < 4.78 is 0. The molecule has 1 atom stereocenters. The summed E-state index contributed by atoms with van der Waals surface area (Å²) >= 11 is 12.4. The lowest BCUT2D eigenvalue weighted by Crippen LogP contribution is -2.03. The van der Waals surface area contributed by atoms with E-state index in [1.165, 1.54) is 17.7 Å². The van der Waals surface area contributed by atoms with Crippen molar-refractivity contribution in [1.82, 2.24) is 0 Å². The molecular formula is C12H17ClS2. The van der Waals surface area contributed by atoms with E-state index < -0.39 is 0 Å². The predicted molar refractivity (Wildman–Crippen MR) is 75.2 cm³/mol. The normalized spacial score (nSPS) is 12.7. The maximum atomic E-state index is 6.08. The molecule has 0 aliphatic carbocycles. The van der Waals surface area contributed by atoms with E-state index >= 15 is 0 Å². The molecule has 0 spiro atoms. The molecule has 1 rings (SSSR count). The van der Waals surface area contributed by atoms with Gasteiger partial charge < -0.3 is 0 Å². The third kappa shape index (κ3) is 4.71. The third-order valence-electron chi connectivity index (χ3n) is 2.40. The van der Waals surface area contributed by atoms with E-state index in [0.717, 1.165) is 22.4 Å². The molecule has 0 fully saturated rings. The number of halogens is 1. The highest BCUT2D eigenvalue weighted by molar-refractivity contribution is 7.98. The molecule has 0 aliphatic rings. The fourth-order valence-electron chi connectivity index (χ4n) is 1.25. The summed E-state index contributed by atoms with van der Waals surface area (Å²) in [5.74, 6) is 3.88. The zero-order chi connectivity index (χ0) is 11.1. The molecule has 0 heterocycles. The lowest BCUT2D eigenvalue weighted by molar-refractivity contribution is 0.649. The number of benzene rings is 1. The van der Waals surface area contributed by atoms with Crippen LogP contribution in [0.3, 0.4) is 0 Å². The Morgan fingerprint density at radius 1 is 1.40 bits per heavy atom. The van der Waals surface area contributed by atoms with Gasteiger partial charge in [-0.15, -0.1) is 0 Å². The van der Waals surface area contributed by atoms with Gasteiger partial charge in [0.2, 0.25) is 0 Å². The molecule has 0 radical (unpaired) electrons. The van der Waals surface area contributed by atoms with Crippen LogP contribution in [0, 0.1) is 5.92 Å². The van der Waals surface area contributed by atoms with Gasteiger partial charge in [-0.05, 0) is 29.1 Å². The van der Waals surface area contributed by atoms with Crippen molar-refractivity contribution in [3.63, 3.8) is 0 Å². The Morgan fingerprint density at radius 2 is 2.13 bits per heavy atom. The SMILES string of the molecule is CCC(CS)CSCc1ccccc1Cl. The minimum Gasteiger partial charge on any atom is -0.179 e. The van der Waals surface area contributed by atoms with Crippen molar-refractivity contribution in [2.24, 2.45) is 5.92 Å². The minimum absolute atomic E-state index is 0.723. The molecule has 0 nitrogen and oxygen atoms in total. The molecule has 0 amide bonds. The molecule has 0 saturated heterocycles. The Labute approximate surface area is 107 Å². The molecule has 0 saturated carbocycles. The topological polar surface area (TPSA) is 0 Å². The summed E-state index contributed by atoms with van der Waals surface area (Å²) in [5, 5.41) is 0.879. The van der Waals surface area contributed by atoms with Crippen molar-refractivity contribution >= 4 is 36.0 Å². The molecule has 0 N–H and O–H groups in total. The van der Waals surface area contributed by atoms with Crippen LogP contribution in [-0.4, -0.2) is 11.5 Å². The Bertz CT molecular complexity index is 285.